The molecule has 1 saturated carbocycles. The van der Waals surface area contributed by atoms with E-state index in [4.69, 9.17) is 0 Å². The molecule has 0 aliphatic heterocycles. The molecule has 1 aliphatic rings. The number of aryl methyl sites for hydroxylation is 2. The number of hydrogen-bond donors (Lipinski definition) is 2. The first-order chi connectivity index (χ1) is 9.95. The van der Waals surface area contributed by atoms with Crippen molar-refractivity contribution in [3.63, 3.8) is 0 Å². The Kier molecular flexibility index (Phi) is 5.37. The van der Waals surface area contributed by atoms with Gasteiger partial charge in [0.05, 0.1) is 12.6 Å². The number of likely N-dealkylation sites (N-methyl/N-ethyl adjacent to an activating group) is 1. The van der Waals surface area contributed by atoms with Gasteiger partial charge in [0.25, 0.3) is 0 Å². The van der Waals surface area contributed by atoms with Crippen molar-refractivity contribution >= 4 is 11.6 Å². The fourth-order valence-electron chi connectivity index (χ4n) is 3.00. The highest BCUT2D eigenvalue weighted by atomic mass is 16.3. The highest BCUT2D eigenvalue weighted by molar-refractivity contribution is 5.93. The van der Waals surface area contributed by atoms with E-state index in [1.165, 1.54) is 0 Å². The van der Waals surface area contributed by atoms with E-state index in [1.54, 1.807) is 0 Å². The Bertz CT molecular complexity index is 502. The minimum Gasteiger partial charge on any atom is -0.393 e. The van der Waals surface area contributed by atoms with Crippen molar-refractivity contribution in [2.75, 3.05) is 25.5 Å². The van der Waals surface area contributed by atoms with Crippen LogP contribution in [0.4, 0.5) is 5.69 Å². The normalized spacial score (nSPS) is 21.8. The van der Waals surface area contributed by atoms with Crippen molar-refractivity contribution < 1.29 is 9.90 Å². The zero-order valence-electron chi connectivity index (χ0n) is 13.2. The third-order valence-corrected chi connectivity index (χ3v) is 4.25. The van der Waals surface area contributed by atoms with Gasteiger partial charge in [-0.2, -0.15) is 0 Å². The van der Waals surface area contributed by atoms with Gasteiger partial charge in [-0.15, -0.1) is 0 Å². The molecule has 21 heavy (non-hydrogen) atoms. The molecule has 1 amide bonds. The van der Waals surface area contributed by atoms with Crippen LogP contribution in [0.5, 0.6) is 0 Å². The average molecular weight is 290 g/mol. The summed E-state index contributed by atoms with van der Waals surface area (Å²) in [6.45, 7) is 5.15. The summed E-state index contributed by atoms with van der Waals surface area (Å²) in [5.74, 6) is 0.308. The highest BCUT2D eigenvalue weighted by Gasteiger charge is 2.26. The number of benzene rings is 1. The predicted octanol–water partition coefficient (Wildman–Crippen LogP) is 2.33. The maximum absolute atomic E-state index is 12.1. The number of carbonyl (C=O) groups excluding carboxylic acids is 1. The molecule has 0 spiro atoms. The van der Waals surface area contributed by atoms with Gasteiger partial charge in [-0.25, -0.2) is 0 Å². The van der Waals surface area contributed by atoms with Crippen molar-refractivity contribution in [2.45, 2.75) is 39.2 Å². The van der Waals surface area contributed by atoms with Crippen LogP contribution in [-0.4, -0.2) is 42.2 Å². The number of nitrogens with zero attached hydrogens (tertiary/aromatic N) is 1. The van der Waals surface area contributed by atoms with Gasteiger partial charge in [0.1, 0.15) is 0 Å². The number of nitrogens with one attached hydrogen (secondary N) is 1. The van der Waals surface area contributed by atoms with Crippen molar-refractivity contribution in [3.05, 3.63) is 29.3 Å². The lowest BCUT2D eigenvalue weighted by molar-refractivity contribution is -0.117. The summed E-state index contributed by atoms with van der Waals surface area (Å²) >= 11 is 0. The van der Waals surface area contributed by atoms with Crippen LogP contribution in [0.1, 0.15) is 30.4 Å². The summed E-state index contributed by atoms with van der Waals surface area (Å²) < 4.78 is 0. The van der Waals surface area contributed by atoms with Crippen LogP contribution in [0.15, 0.2) is 18.2 Å². The summed E-state index contributed by atoms with van der Waals surface area (Å²) in [6, 6.07) is 6.05. The van der Waals surface area contributed by atoms with Crippen LogP contribution >= 0.6 is 0 Å². The molecule has 0 bridgehead atoms. The van der Waals surface area contributed by atoms with Crippen LogP contribution in [-0.2, 0) is 4.79 Å². The number of hydrogen-bond acceptors (Lipinski definition) is 3. The minimum absolute atomic E-state index is 0.00122. The Labute approximate surface area is 127 Å². The van der Waals surface area contributed by atoms with Crippen LogP contribution in [0.3, 0.4) is 0 Å². The summed E-state index contributed by atoms with van der Waals surface area (Å²) in [5.41, 5.74) is 3.09. The van der Waals surface area contributed by atoms with Crippen LogP contribution < -0.4 is 5.32 Å². The number of amides is 1. The standard InChI is InChI=1S/C17H26N2O2/c1-12-7-8-13(2)15(9-12)18-17(21)11-19(3)10-14-5-4-6-16(14)20/h7-9,14,16,20H,4-6,10-11H2,1-3H3,(H,18,21). The molecule has 1 fully saturated rings. The summed E-state index contributed by atoms with van der Waals surface area (Å²) in [4.78, 5) is 14.1. The Morgan fingerprint density at radius 1 is 1.38 bits per heavy atom. The van der Waals surface area contributed by atoms with E-state index in [-0.39, 0.29) is 12.0 Å². The van der Waals surface area contributed by atoms with E-state index in [0.29, 0.717) is 12.5 Å². The number of anilines is 1. The maximum atomic E-state index is 12.1. The Balaban J connectivity index is 1.85. The van der Waals surface area contributed by atoms with Crippen LogP contribution in [0.25, 0.3) is 0 Å². The first kappa shape index (κ1) is 16.0. The van der Waals surface area contributed by atoms with E-state index in [9.17, 15) is 9.90 Å². The van der Waals surface area contributed by atoms with Gasteiger partial charge in [-0.1, -0.05) is 18.6 Å². The predicted molar refractivity (Wildman–Crippen MR) is 85.4 cm³/mol. The van der Waals surface area contributed by atoms with Gasteiger partial charge in [0.15, 0.2) is 0 Å². The highest BCUT2D eigenvalue weighted by Crippen LogP contribution is 2.26. The molecule has 4 nitrogen and oxygen atoms in total. The van der Waals surface area contributed by atoms with Crippen LogP contribution in [0.2, 0.25) is 0 Å². The molecular weight excluding hydrogens is 264 g/mol. The molecule has 1 aromatic rings. The largest absolute Gasteiger partial charge is 0.393 e. The second-order valence-corrected chi connectivity index (χ2v) is 6.32. The summed E-state index contributed by atoms with van der Waals surface area (Å²) in [6.07, 6.45) is 2.85. The van der Waals surface area contributed by atoms with Gasteiger partial charge in [0, 0.05) is 12.2 Å². The van der Waals surface area contributed by atoms with Crippen molar-refractivity contribution in [1.82, 2.24) is 4.90 Å². The third kappa shape index (κ3) is 4.55. The second kappa shape index (κ2) is 7.05. The maximum Gasteiger partial charge on any atom is 0.238 e. The van der Waals surface area contributed by atoms with Gasteiger partial charge < -0.3 is 10.4 Å². The molecule has 2 N–H and O–H groups in total. The zero-order valence-corrected chi connectivity index (χ0v) is 13.2. The number of rotatable bonds is 5. The molecule has 0 aromatic heterocycles. The zero-order chi connectivity index (χ0) is 15.4. The summed E-state index contributed by atoms with van der Waals surface area (Å²) in [7, 11) is 1.94. The molecule has 116 valence electrons. The topological polar surface area (TPSA) is 52.6 Å². The molecule has 4 heteroatoms. The monoisotopic (exact) mass is 290 g/mol. The van der Waals surface area contributed by atoms with Crippen molar-refractivity contribution in [3.8, 4) is 0 Å². The van der Waals surface area contributed by atoms with E-state index < -0.39 is 0 Å². The molecule has 1 aliphatic carbocycles. The van der Waals surface area contributed by atoms with Gasteiger partial charge in [-0.05, 0) is 56.8 Å². The Morgan fingerprint density at radius 2 is 2.14 bits per heavy atom. The average Bonchev–Trinajstić information content (AvgIpc) is 2.79. The Hall–Kier alpha value is -1.39. The van der Waals surface area contributed by atoms with E-state index in [1.807, 2.05) is 44.0 Å². The van der Waals surface area contributed by atoms with Crippen molar-refractivity contribution in [2.24, 2.45) is 5.92 Å². The summed E-state index contributed by atoms with van der Waals surface area (Å²) in [5, 5.41) is 12.8. The number of carbonyl (C=O) groups is 1. The fourth-order valence-corrected chi connectivity index (χ4v) is 3.00. The Morgan fingerprint density at radius 3 is 2.81 bits per heavy atom. The first-order valence-corrected chi connectivity index (χ1v) is 7.69. The minimum atomic E-state index is -0.200. The van der Waals surface area contributed by atoms with E-state index in [0.717, 1.165) is 42.6 Å². The molecule has 0 saturated heterocycles. The lowest BCUT2D eigenvalue weighted by Gasteiger charge is -2.22. The molecule has 2 atom stereocenters. The molecule has 1 aromatic carbocycles. The van der Waals surface area contributed by atoms with E-state index in [2.05, 4.69) is 5.32 Å². The first-order valence-electron chi connectivity index (χ1n) is 7.69. The fraction of sp³-hybridized carbons (Fsp3) is 0.588. The quantitative estimate of drug-likeness (QED) is 0.875. The molecular formula is C17H26N2O2. The van der Waals surface area contributed by atoms with Gasteiger partial charge in [-0.3, -0.25) is 9.69 Å². The molecule has 0 radical (unpaired) electrons. The lowest BCUT2D eigenvalue weighted by Crippen LogP contribution is -2.35. The van der Waals surface area contributed by atoms with Crippen LogP contribution in [0, 0.1) is 19.8 Å². The van der Waals surface area contributed by atoms with Gasteiger partial charge in [0.2, 0.25) is 5.91 Å². The molecule has 2 rings (SSSR count). The van der Waals surface area contributed by atoms with E-state index >= 15 is 0 Å². The lowest BCUT2D eigenvalue weighted by atomic mass is 10.1. The number of aliphatic hydroxyl groups is 1. The second-order valence-electron chi connectivity index (χ2n) is 6.32. The van der Waals surface area contributed by atoms with Gasteiger partial charge >= 0.3 is 0 Å². The number of aliphatic hydroxyl groups excluding tert-OH is 1. The molecule has 0 heterocycles. The van der Waals surface area contributed by atoms with Crippen molar-refractivity contribution in [1.29, 1.82) is 0 Å². The smallest absolute Gasteiger partial charge is 0.238 e. The molecule has 2 unspecified atom stereocenters. The SMILES string of the molecule is Cc1ccc(C)c(NC(=O)CN(C)CC2CCCC2O)c1. The third-order valence-electron chi connectivity index (χ3n) is 4.25.